The van der Waals surface area contributed by atoms with Crippen molar-refractivity contribution in [2.45, 2.75) is 19.0 Å². The van der Waals surface area contributed by atoms with Gasteiger partial charge >= 0.3 is 0 Å². The molecular formula is C19H25ClN4O. The Morgan fingerprint density at radius 1 is 1.08 bits per heavy atom. The number of nitrogens with two attached hydrogens (primary N) is 1. The molecule has 1 aliphatic rings. The number of hydrogen-bond donors (Lipinski definition) is 1. The molecule has 1 unspecified atom stereocenters. The standard InChI is InChI=1S/C19H24N4O.ClH/c20-18(17-6-2-1-3-7-17)13-19(24)23-11-9-22(10-12-23)15-16-5-4-8-21-14-16;/h1-8,14,18H,9-13,15,20H2;1H. The van der Waals surface area contributed by atoms with E-state index in [1.54, 1.807) is 6.20 Å². The minimum atomic E-state index is -0.230. The number of nitrogens with zero attached hydrogens (tertiary/aromatic N) is 3. The van der Waals surface area contributed by atoms with E-state index >= 15 is 0 Å². The lowest BCUT2D eigenvalue weighted by Gasteiger charge is -2.35. The summed E-state index contributed by atoms with van der Waals surface area (Å²) in [5.74, 6) is 0.146. The van der Waals surface area contributed by atoms with Crippen LogP contribution in [0.2, 0.25) is 0 Å². The van der Waals surface area contributed by atoms with Gasteiger partial charge in [0.05, 0.1) is 0 Å². The van der Waals surface area contributed by atoms with Gasteiger partial charge in [0, 0.05) is 57.6 Å². The third-order valence-electron chi connectivity index (χ3n) is 4.48. The fourth-order valence-corrected chi connectivity index (χ4v) is 3.04. The molecule has 0 spiro atoms. The van der Waals surface area contributed by atoms with Crippen LogP contribution in [0.3, 0.4) is 0 Å². The Balaban J connectivity index is 0.00000225. The zero-order valence-corrected chi connectivity index (χ0v) is 15.1. The fraction of sp³-hybridized carbons (Fsp3) is 0.368. The van der Waals surface area contributed by atoms with Crippen LogP contribution in [0.4, 0.5) is 0 Å². The van der Waals surface area contributed by atoms with Crippen molar-refractivity contribution in [1.29, 1.82) is 0 Å². The molecule has 6 heteroatoms. The number of amides is 1. The molecule has 2 heterocycles. The van der Waals surface area contributed by atoms with Crippen LogP contribution >= 0.6 is 12.4 Å². The Hall–Kier alpha value is -1.95. The van der Waals surface area contributed by atoms with Gasteiger partial charge in [-0.2, -0.15) is 0 Å². The predicted octanol–water partition coefficient (Wildman–Crippen LogP) is 2.24. The lowest BCUT2D eigenvalue weighted by atomic mass is 10.0. The van der Waals surface area contributed by atoms with Crippen LogP contribution in [0.25, 0.3) is 0 Å². The van der Waals surface area contributed by atoms with E-state index in [1.165, 1.54) is 5.56 Å². The molecule has 134 valence electrons. The molecule has 3 rings (SSSR count). The number of hydrogen-bond acceptors (Lipinski definition) is 4. The second kappa shape index (κ2) is 9.51. The molecule has 1 atom stereocenters. The van der Waals surface area contributed by atoms with E-state index in [1.807, 2.05) is 47.5 Å². The van der Waals surface area contributed by atoms with Gasteiger partial charge in [0.1, 0.15) is 0 Å². The quantitative estimate of drug-likeness (QED) is 0.888. The van der Waals surface area contributed by atoms with Gasteiger partial charge in [-0.05, 0) is 17.2 Å². The van der Waals surface area contributed by atoms with Gasteiger partial charge in [0.2, 0.25) is 5.91 Å². The van der Waals surface area contributed by atoms with Gasteiger partial charge in [-0.1, -0.05) is 36.4 Å². The Labute approximate surface area is 155 Å². The van der Waals surface area contributed by atoms with E-state index in [9.17, 15) is 4.79 Å². The van der Waals surface area contributed by atoms with E-state index < -0.39 is 0 Å². The molecule has 5 nitrogen and oxygen atoms in total. The lowest BCUT2D eigenvalue weighted by Crippen LogP contribution is -2.48. The first-order valence-electron chi connectivity index (χ1n) is 8.42. The average molecular weight is 361 g/mol. The third-order valence-corrected chi connectivity index (χ3v) is 4.48. The first-order valence-corrected chi connectivity index (χ1v) is 8.42. The van der Waals surface area contributed by atoms with E-state index in [0.717, 1.165) is 38.3 Å². The molecule has 1 fully saturated rings. The molecule has 1 aromatic carbocycles. The molecule has 2 N–H and O–H groups in total. The van der Waals surface area contributed by atoms with Crippen LogP contribution in [0, 0.1) is 0 Å². The number of pyridine rings is 1. The number of rotatable bonds is 5. The number of piperazine rings is 1. The lowest BCUT2D eigenvalue weighted by molar-refractivity contribution is -0.133. The van der Waals surface area contributed by atoms with Gasteiger partial charge in [0.25, 0.3) is 0 Å². The first-order chi connectivity index (χ1) is 11.7. The molecule has 0 aliphatic carbocycles. The van der Waals surface area contributed by atoms with Crippen LogP contribution in [0.1, 0.15) is 23.6 Å². The van der Waals surface area contributed by atoms with Crippen molar-refractivity contribution in [2.24, 2.45) is 5.73 Å². The largest absolute Gasteiger partial charge is 0.340 e. The molecule has 2 aromatic rings. The number of aromatic nitrogens is 1. The van der Waals surface area contributed by atoms with Crippen LogP contribution in [0.15, 0.2) is 54.9 Å². The minimum absolute atomic E-state index is 0. The summed E-state index contributed by atoms with van der Waals surface area (Å²) in [6, 6.07) is 13.6. The van der Waals surface area contributed by atoms with Crippen molar-refractivity contribution in [2.75, 3.05) is 26.2 Å². The third kappa shape index (κ3) is 5.53. The molecule has 0 bridgehead atoms. The maximum Gasteiger partial charge on any atom is 0.224 e. The predicted molar refractivity (Wildman–Crippen MR) is 101 cm³/mol. The maximum absolute atomic E-state index is 12.5. The van der Waals surface area contributed by atoms with E-state index in [2.05, 4.69) is 16.0 Å². The highest BCUT2D eigenvalue weighted by Gasteiger charge is 2.22. The van der Waals surface area contributed by atoms with Crippen molar-refractivity contribution in [3.05, 3.63) is 66.0 Å². The van der Waals surface area contributed by atoms with Gasteiger partial charge in [-0.25, -0.2) is 0 Å². The SMILES string of the molecule is Cl.NC(CC(=O)N1CCN(Cc2cccnc2)CC1)c1ccccc1. The summed E-state index contributed by atoms with van der Waals surface area (Å²) in [7, 11) is 0. The summed E-state index contributed by atoms with van der Waals surface area (Å²) < 4.78 is 0. The number of benzene rings is 1. The molecule has 25 heavy (non-hydrogen) atoms. The zero-order valence-electron chi connectivity index (χ0n) is 14.3. The summed E-state index contributed by atoms with van der Waals surface area (Å²) in [5, 5.41) is 0. The summed E-state index contributed by atoms with van der Waals surface area (Å²) in [6.07, 6.45) is 4.05. The number of carbonyl (C=O) groups is 1. The number of carbonyl (C=O) groups excluding carboxylic acids is 1. The highest BCUT2D eigenvalue weighted by Crippen LogP contribution is 2.16. The fourth-order valence-electron chi connectivity index (χ4n) is 3.04. The van der Waals surface area contributed by atoms with Gasteiger partial charge < -0.3 is 10.6 Å². The van der Waals surface area contributed by atoms with Gasteiger partial charge in [0.15, 0.2) is 0 Å². The van der Waals surface area contributed by atoms with Crippen molar-refractivity contribution in [1.82, 2.24) is 14.8 Å². The summed E-state index contributed by atoms with van der Waals surface area (Å²) in [6.45, 7) is 4.20. The first kappa shape index (κ1) is 19.4. The van der Waals surface area contributed by atoms with Gasteiger partial charge in [-0.3, -0.25) is 14.7 Å². The molecule has 1 aromatic heterocycles. The van der Waals surface area contributed by atoms with Crippen molar-refractivity contribution < 1.29 is 4.79 Å². The second-order valence-electron chi connectivity index (χ2n) is 6.24. The van der Waals surface area contributed by atoms with Crippen molar-refractivity contribution in [3.8, 4) is 0 Å². The zero-order chi connectivity index (χ0) is 16.8. The van der Waals surface area contributed by atoms with E-state index in [4.69, 9.17) is 5.73 Å². The highest BCUT2D eigenvalue weighted by atomic mass is 35.5. The van der Waals surface area contributed by atoms with Crippen LogP contribution in [-0.4, -0.2) is 46.9 Å². The topological polar surface area (TPSA) is 62.5 Å². The van der Waals surface area contributed by atoms with Crippen LogP contribution < -0.4 is 5.73 Å². The summed E-state index contributed by atoms with van der Waals surface area (Å²) in [4.78, 5) is 20.9. The Morgan fingerprint density at radius 3 is 2.44 bits per heavy atom. The normalized spacial score (nSPS) is 16.1. The molecule has 1 aliphatic heterocycles. The van der Waals surface area contributed by atoms with E-state index in [0.29, 0.717) is 6.42 Å². The molecule has 1 saturated heterocycles. The Kier molecular flexibility index (Phi) is 7.37. The molecular weight excluding hydrogens is 336 g/mol. The smallest absolute Gasteiger partial charge is 0.224 e. The van der Waals surface area contributed by atoms with Crippen molar-refractivity contribution >= 4 is 18.3 Å². The molecule has 0 radical (unpaired) electrons. The molecule has 0 saturated carbocycles. The average Bonchev–Trinajstić information content (AvgIpc) is 2.64. The van der Waals surface area contributed by atoms with Crippen LogP contribution in [-0.2, 0) is 11.3 Å². The Morgan fingerprint density at radius 2 is 1.80 bits per heavy atom. The monoisotopic (exact) mass is 360 g/mol. The minimum Gasteiger partial charge on any atom is -0.340 e. The molecule has 1 amide bonds. The van der Waals surface area contributed by atoms with Crippen LogP contribution in [0.5, 0.6) is 0 Å². The summed E-state index contributed by atoms with van der Waals surface area (Å²) in [5.41, 5.74) is 8.39. The van der Waals surface area contributed by atoms with E-state index in [-0.39, 0.29) is 24.4 Å². The number of halogens is 1. The van der Waals surface area contributed by atoms with Crippen molar-refractivity contribution in [3.63, 3.8) is 0 Å². The maximum atomic E-state index is 12.5. The second-order valence-corrected chi connectivity index (χ2v) is 6.24. The summed E-state index contributed by atoms with van der Waals surface area (Å²) >= 11 is 0. The Bertz CT molecular complexity index is 645. The highest BCUT2D eigenvalue weighted by molar-refractivity contribution is 5.85. The van der Waals surface area contributed by atoms with Gasteiger partial charge in [-0.15, -0.1) is 12.4 Å².